The zero-order valence-corrected chi connectivity index (χ0v) is 15.7. The van der Waals surface area contributed by atoms with Crippen molar-refractivity contribution in [3.63, 3.8) is 0 Å². The van der Waals surface area contributed by atoms with Gasteiger partial charge in [-0.25, -0.2) is 14.3 Å². The number of hydrogen-bond donors (Lipinski definition) is 2. The van der Waals surface area contributed by atoms with E-state index in [1.165, 1.54) is 37.5 Å². The molecular weight excluding hydrogens is 405 g/mol. The highest BCUT2D eigenvalue weighted by Gasteiger charge is 2.41. The topological polar surface area (TPSA) is 98.4 Å². The Labute approximate surface area is 168 Å². The van der Waals surface area contributed by atoms with Crippen molar-refractivity contribution in [2.75, 3.05) is 11.9 Å². The fraction of sp³-hybridized carbons (Fsp3) is 0.211. The van der Waals surface area contributed by atoms with Crippen LogP contribution in [0.3, 0.4) is 0 Å². The molecule has 2 aromatic heterocycles. The van der Waals surface area contributed by atoms with Gasteiger partial charge in [0.05, 0.1) is 31.3 Å². The molecule has 0 aliphatic heterocycles. The molecule has 0 saturated carbocycles. The summed E-state index contributed by atoms with van der Waals surface area (Å²) in [6.45, 7) is 1.60. The van der Waals surface area contributed by atoms with Gasteiger partial charge in [-0.3, -0.25) is 0 Å². The molecule has 158 valence electrons. The first-order chi connectivity index (χ1) is 14.3. The van der Waals surface area contributed by atoms with E-state index in [0.717, 1.165) is 6.20 Å². The lowest BCUT2D eigenvalue weighted by Gasteiger charge is -2.13. The van der Waals surface area contributed by atoms with E-state index in [4.69, 9.17) is 4.42 Å². The monoisotopic (exact) mass is 422 g/mol. The Hall–Kier alpha value is -3.76. The molecule has 0 aliphatic rings. The lowest BCUT2D eigenvalue weighted by Crippen LogP contribution is -2.28. The van der Waals surface area contributed by atoms with Gasteiger partial charge >= 0.3 is 18.2 Å². The number of rotatable bonds is 6. The van der Waals surface area contributed by atoms with E-state index in [1.54, 1.807) is 12.1 Å². The van der Waals surface area contributed by atoms with Crippen molar-refractivity contribution in [1.82, 2.24) is 15.1 Å². The number of carbonyl (C=O) groups excluding carboxylic acids is 2. The molecule has 2 heterocycles. The zero-order valence-electron chi connectivity index (χ0n) is 15.7. The van der Waals surface area contributed by atoms with E-state index in [2.05, 4.69) is 20.5 Å². The Morgan fingerprint density at radius 3 is 2.53 bits per heavy atom. The number of furan rings is 1. The maximum atomic E-state index is 13.5. The quantitative estimate of drug-likeness (QED) is 0.586. The third kappa shape index (κ3) is 4.80. The summed E-state index contributed by atoms with van der Waals surface area (Å²) in [5.41, 5.74) is -1.51. The summed E-state index contributed by atoms with van der Waals surface area (Å²) in [5.74, 6) is -0.543. The van der Waals surface area contributed by atoms with Crippen LogP contribution in [0, 0.1) is 0 Å². The molecule has 1 aromatic carbocycles. The van der Waals surface area contributed by atoms with Crippen molar-refractivity contribution >= 4 is 17.7 Å². The molecule has 2 amide bonds. The molecule has 2 N–H and O–H groups in total. The average Bonchev–Trinajstić information content (AvgIpc) is 3.37. The number of halogens is 3. The number of nitrogens with zero attached hydrogens (tertiary/aromatic N) is 2. The molecule has 11 heteroatoms. The number of aromatic nitrogens is 2. The number of ether oxygens (including phenoxy) is 1. The molecular formula is C19H17F3N4O4. The third-order valence-electron chi connectivity index (χ3n) is 3.91. The lowest BCUT2D eigenvalue weighted by atomic mass is 10.2. The molecule has 0 spiro atoms. The summed E-state index contributed by atoms with van der Waals surface area (Å²) in [6, 6.07) is 8.35. The van der Waals surface area contributed by atoms with Crippen LogP contribution in [0.2, 0.25) is 0 Å². The molecule has 0 unspecified atom stereocenters. The number of carbonyl (C=O) groups is 2. The van der Waals surface area contributed by atoms with Crippen LogP contribution in [0.1, 0.15) is 28.7 Å². The molecule has 0 saturated heterocycles. The predicted octanol–water partition coefficient (Wildman–Crippen LogP) is 3.98. The summed E-state index contributed by atoms with van der Waals surface area (Å²) < 4.78 is 51.0. The Morgan fingerprint density at radius 1 is 1.20 bits per heavy atom. The fourth-order valence-corrected chi connectivity index (χ4v) is 2.62. The highest BCUT2D eigenvalue weighted by molar-refractivity contribution is 5.91. The van der Waals surface area contributed by atoms with Crippen LogP contribution in [-0.2, 0) is 17.5 Å². The van der Waals surface area contributed by atoms with Crippen molar-refractivity contribution in [2.45, 2.75) is 19.6 Å². The largest absolute Gasteiger partial charge is 0.467 e. The number of urea groups is 1. The van der Waals surface area contributed by atoms with E-state index in [1.807, 2.05) is 0 Å². The van der Waals surface area contributed by atoms with Crippen LogP contribution < -0.4 is 10.6 Å². The second-order valence-electron chi connectivity index (χ2n) is 5.97. The van der Waals surface area contributed by atoms with Gasteiger partial charge in [0.2, 0.25) is 0 Å². The maximum Gasteiger partial charge on any atom is 0.434 e. The van der Waals surface area contributed by atoms with Crippen LogP contribution in [0.5, 0.6) is 0 Å². The van der Waals surface area contributed by atoms with Gasteiger partial charge in [0, 0.05) is 5.69 Å². The van der Waals surface area contributed by atoms with Crippen molar-refractivity contribution in [3.05, 3.63) is 65.9 Å². The van der Waals surface area contributed by atoms with Gasteiger partial charge in [0.25, 0.3) is 0 Å². The standard InChI is InChI=1S/C19H17F3N4O4/c1-2-29-17(27)15-11-24-26(16(15)19(20,21)22)13-7-5-12(6-8-13)25-18(28)23-10-14-4-3-9-30-14/h3-9,11H,2,10H2,1H3,(H2,23,25,28). The molecule has 0 bridgehead atoms. The smallest absolute Gasteiger partial charge is 0.434 e. The number of benzene rings is 1. The SMILES string of the molecule is CCOC(=O)c1cnn(-c2ccc(NC(=O)NCc3ccco3)cc2)c1C(F)(F)F. The van der Waals surface area contributed by atoms with Crippen LogP contribution in [0.25, 0.3) is 5.69 Å². The van der Waals surface area contributed by atoms with Crippen molar-refractivity contribution in [3.8, 4) is 5.69 Å². The van der Waals surface area contributed by atoms with Crippen molar-refractivity contribution in [1.29, 1.82) is 0 Å². The summed E-state index contributed by atoms with van der Waals surface area (Å²) in [6.07, 6.45) is -2.54. The highest BCUT2D eigenvalue weighted by Crippen LogP contribution is 2.34. The Bertz CT molecular complexity index is 1010. The number of amides is 2. The van der Waals surface area contributed by atoms with E-state index in [0.29, 0.717) is 16.1 Å². The summed E-state index contributed by atoms with van der Waals surface area (Å²) in [4.78, 5) is 23.7. The van der Waals surface area contributed by atoms with Crippen LogP contribution in [0.15, 0.2) is 53.3 Å². The Balaban J connectivity index is 1.75. The van der Waals surface area contributed by atoms with Gasteiger partial charge in [-0.05, 0) is 43.3 Å². The molecule has 0 atom stereocenters. The zero-order chi connectivity index (χ0) is 21.7. The van der Waals surface area contributed by atoms with E-state index in [9.17, 15) is 22.8 Å². The molecule has 0 aliphatic carbocycles. The summed E-state index contributed by atoms with van der Waals surface area (Å²) in [7, 11) is 0. The van der Waals surface area contributed by atoms with E-state index in [-0.39, 0.29) is 18.8 Å². The molecule has 0 fully saturated rings. The predicted molar refractivity (Wildman–Crippen MR) is 99.1 cm³/mol. The highest BCUT2D eigenvalue weighted by atomic mass is 19.4. The van der Waals surface area contributed by atoms with Crippen LogP contribution in [0.4, 0.5) is 23.7 Å². The first-order valence-corrected chi connectivity index (χ1v) is 8.79. The van der Waals surface area contributed by atoms with Gasteiger partial charge < -0.3 is 19.8 Å². The first kappa shape index (κ1) is 21.0. The molecule has 3 rings (SSSR count). The second kappa shape index (κ2) is 8.72. The van der Waals surface area contributed by atoms with Gasteiger partial charge in [-0.15, -0.1) is 0 Å². The normalized spacial score (nSPS) is 11.2. The average molecular weight is 422 g/mol. The summed E-state index contributed by atoms with van der Waals surface area (Å²) >= 11 is 0. The van der Waals surface area contributed by atoms with E-state index >= 15 is 0 Å². The van der Waals surface area contributed by atoms with Crippen LogP contribution in [-0.4, -0.2) is 28.4 Å². The van der Waals surface area contributed by atoms with Crippen molar-refractivity contribution < 1.29 is 31.9 Å². The van der Waals surface area contributed by atoms with Gasteiger partial charge in [0.15, 0.2) is 5.69 Å². The van der Waals surface area contributed by atoms with Gasteiger partial charge in [-0.2, -0.15) is 18.3 Å². The van der Waals surface area contributed by atoms with Crippen molar-refractivity contribution in [2.24, 2.45) is 0 Å². The minimum atomic E-state index is -4.83. The number of alkyl halides is 3. The maximum absolute atomic E-state index is 13.5. The molecule has 8 nitrogen and oxygen atoms in total. The van der Waals surface area contributed by atoms with Crippen LogP contribution >= 0.6 is 0 Å². The van der Waals surface area contributed by atoms with E-state index < -0.39 is 29.4 Å². The molecule has 30 heavy (non-hydrogen) atoms. The fourth-order valence-electron chi connectivity index (χ4n) is 2.62. The lowest BCUT2D eigenvalue weighted by molar-refractivity contribution is -0.143. The third-order valence-corrected chi connectivity index (χ3v) is 3.91. The Kier molecular flexibility index (Phi) is 6.09. The number of esters is 1. The Morgan fingerprint density at radius 2 is 1.93 bits per heavy atom. The van der Waals surface area contributed by atoms with Gasteiger partial charge in [0.1, 0.15) is 11.3 Å². The summed E-state index contributed by atoms with van der Waals surface area (Å²) in [5, 5.41) is 8.82. The molecule has 0 radical (unpaired) electrons. The first-order valence-electron chi connectivity index (χ1n) is 8.79. The minimum Gasteiger partial charge on any atom is -0.467 e. The number of anilines is 1. The van der Waals surface area contributed by atoms with Gasteiger partial charge in [-0.1, -0.05) is 0 Å². The minimum absolute atomic E-state index is 0.0550. The number of hydrogen-bond acceptors (Lipinski definition) is 5. The number of nitrogens with one attached hydrogen (secondary N) is 2. The molecule has 3 aromatic rings. The second-order valence-corrected chi connectivity index (χ2v) is 5.97.